The fraction of sp³-hybridized carbons (Fsp3) is 0.0833. The number of halogens is 1. The molecule has 0 saturated carbocycles. The van der Waals surface area contributed by atoms with Gasteiger partial charge in [-0.2, -0.15) is 5.26 Å². The fourth-order valence-electron chi connectivity index (χ4n) is 1.28. The summed E-state index contributed by atoms with van der Waals surface area (Å²) in [6, 6.07) is 9.77. The number of aryl methyl sites for hydroxylation is 1. The lowest BCUT2D eigenvalue weighted by atomic mass is 10.2. The predicted octanol–water partition coefficient (Wildman–Crippen LogP) is 4.37. The van der Waals surface area contributed by atoms with E-state index in [2.05, 4.69) is 22.0 Å². The molecule has 0 N–H and O–H groups in total. The van der Waals surface area contributed by atoms with E-state index in [0.29, 0.717) is 5.56 Å². The minimum absolute atomic E-state index is 0.667. The second kappa shape index (κ2) is 4.77. The zero-order valence-corrected chi connectivity index (χ0v) is 10.9. The van der Waals surface area contributed by atoms with Crippen LogP contribution in [0.1, 0.15) is 11.3 Å². The second-order valence-electron chi connectivity index (χ2n) is 3.20. The zero-order chi connectivity index (χ0) is 11.5. The van der Waals surface area contributed by atoms with Crippen LogP contribution in [0.2, 0.25) is 0 Å². The van der Waals surface area contributed by atoms with Crippen LogP contribution in [0.5, 0.6) is 0 Å². The van der Waals surface area contributed by atoms with E-state index in [0.717, 1.165) is 20.0 Å². The number of nitrogens with zero attached hydrogens (tertiary/aromatic N) is 1. The molecule has 2 aromatic rings. The number of furan rings is 1. The summed E-state index contributed by atoms with van der Waals surface area (Å²) in [6.07, 6.45) is 1.66. The minimum Gasteiger partial charge on any atom is -0.468 e. The Morgan fingerprint density at radius 3 is 2.75 bits per heavy atom. The lowest BCUT2D eigenvalue weighted by Gasteiger charge is -2.02. The summed E-state index contributed by atoms with van der Waals surface area (Å²) in [6.45, 7) is 1.91. The number of hydrogen-bond donors (Lipinski definition) is 0. The van der Waals surface area contributed by atoms with E-state index in [1.807, 2.05) is 31.2 Å². The first-order valence-electron chi connectivity index (χ1n) is 4.62. The molecule has 0 aliphatic rings. The van der Waals surface area contributed by atoms with E-state index in [-0.39, 0.29) is 0 Å². The molecular weight excluding hydrogens is 286 g/mol. The average Bonchev–Trinajstić information content (AvgIpc) is 2.67. The Bertz CT molecular complexity index is 556. The van der Waals surface area contributed by atoms with Gasteiger partial charge in [-0.05, 0) is 31.2 Å². The standard InChI is InChI=1S/C12H8BrNOS/c1-8-11(4-5-15-8)16-12-3-2-10(13)6-9(12)7-14/h2-6H,1H3. The Balaban J connectivity index is 2.36. The van der Waals surface area contributed by atoms with E-state index in [4.69, 9.17) is 9.68 Å². The Morgan fingerprint density at radius 2 is 2.12 bits per heavy atom. The number of benzene rings is 1. The molecule has 0 saturated heterocycles. The largest absolute Gasteiger partial charge is 0.468 e. The number of hydrogen-bond acceptors (Lipinski definition) is 3. The van der Waals surface area contributed by atoms with Crippen LogP contribution in [-0.2, 0) is 0 Å². The van der Waals surface area contributed by atoms with Gasteiger partial charge in [-0.25, -0.2) is 0 Å². The molecule has 0 fully saturated rings. The normalized spacial score (nSPS) is 10.1. The molecule has 0 unspecified atom stereocenters. The molecule has 80 valence electrons. The number of rotatable bonds is 2. The predicted molar refractivity (Wildman–Crippen MR) is 66.4 cm³/mol. The van der Waals surface area contributed by atoms with Gasteiger partial charge < -0.3 is 4.42 Å². The lowest BCUT2D eigenvalue weighted by molar-refractivity contribution is 0.527. The highest BCUT2D eigenvalue weighted by atomic mass is 79.9. The molecule has 0 radical (unpaired) electrons. The molecule has 1 aromatic heterocycles. The van der Waals surface area contributed by atoms with Crippen LogP contribution in [0.3, 0.4) is 0 Å². The van der Waals surface area contributed by atoms with E-state index in [9.17, 15) is 0 Å². The highest BCUT2D eigenvalue weighted by molar-refractivity contribution is 9.10. The summed E-state index contributed by atoms with van der Waals surface area (Å²) < 4.78 is 6.14. The minimum atomic E-state index is 0.667. The summed E-state index contributed by atoms with van der Waals surface area (Å²) in [5.74, 6) is 0.872. The van der Waals surface area contributed by atoms with Crippen molar-refractivity contribution in [3.63, 3.8) is 0 Å². The van der Waals surface area contributed by atoms with Gasteiger partial charge >= 0.3 is 0 Å². The number of nitriles is 1. The van der Waals surface area contributed by atoms with Crippen molar-refractivity contribution in [3.8, 4) is 6.07 Å². The fourth-order valence-corrected chi connectivity index (χ4v) is 2.54. The van der Waals surface area contributed by atoms with Crippen LogP contribution in [0.25, 0.3) is 0 Å². The Morgan fingerprint density at radius 1 is 1.31 bits per heavy atom. The van der Waals surface area contributed by atoms with Crippen molar-refractivity contribution in [2.45, 2.75) is 16.7 Å². The van der Waals surface area contributed by atoms with Crippen LogP contribution >= 0.6 is 27.7 Å². The molecule has 4 heteroatoms. The van der Waals surface area contributed by atoms with Gasteiger partial charge in [-0.15, -0.1) is 0 Å². The van der Waals surface area contributed by atoms with Gasteiger partial charge in [-0.3, -0.25) is 0 Å². The first-order valence-corrected chi connectivity index (χ1v) is 6.23. The first-order chi connectivity index (χ1) is 7.70. The third-order valence-corrected chi connectivity index (χ3v) is 3.81. The monoisotopic (exact) mass is 293 g/mol. The molecule has 16 heavy (non-hydrogen) atoms. The van der Waals surface area contributed by atoms with Gasteiger partial charge in [0.2, 0.25) is 0 Å². The summed E-state index contributed by atoms with van der Waals surface area (Å²) in [5.41, 5.74) is 0.667. The van der Waals surface area contributed by atoms with Gasteiger partial charge in [0.1, 0.15) is 11.8 Å². The maximum atomic E-state index is 9.03. The topological polar surface area (TPSA) is 36.9 Å². The van der Waals surface area contributed by atoms with Crippen molar-refractivity contribution in [2.24, 2.45) is 0 Å². The highest BCUT2D eigenvalue weighted by Gasteiger charge is 2.08. The van der Waals surface area contributed by atoms with Gasteiger partial charge in [0.25, 0.3) is 0 Å². The highest BCUT2D eigenvalue weighted by Crippen LogP contribution is 2.33. The molecule has 2 nitrogen and oxygen atoms in total. The third kappa shape index (κ3) is 2.31. The van der Waals surface area contributed by atoms with Crippen molar-refractivity contribution in [1.82, 2.24) is 0 Å². The van der Waals surface area contributed by atoms with Crippen LogP contribution in [0.15, 0.2) is 49.2 Å². The van der Waals surface area contributed by atoms with Crippen LogP contribution < -0.4 is 0 Å². The van der Waals surface area contributed by atoms with E-state index in [1.54, 1.807) is 18.0 Å². The van der Waals surface area contributed by atoms with Gasteiger partial charge in [0.05, 0.1) is 16.7 Å². The molecule has 0 spiro atoms. The second-order valence-corrected chi connectivity index (χ2v) is 5.19. The van der Waals surface area contributed by atoms with Gasteiger partial charge in [-0.1, -0.05) is 27.7 Å². The molecule has 1 heterocycles. The van der Waals surface area contributed by atoms with Crippen molar-refractivity contribution >= 4 is 27.7 Å². The molecular formula is C12H8BrNOS. The average molecular weight is 294 g/mol. The molecule has 1 aromatic carbocycles. The van der Waals surface area contributed by atoms with Crippen LogP contribution in [0, 0.1) is 18.3 Å². The maximum Gasteiger partial charge on any atom is 0.114 e. The van der Waals surface area contributed by atoms with E-state index >= 15 is 0 Å². The molecule has 2 rings (SSSR count). The van der Waals surface area contributed by atoms with E-state index < -0.39 is 0 Å². The van der Waals surface area contributed by atoms with Crippen molar-refractivity contribution in [1.29, 1.82) is 5.26 Å². The molecule has 0 bridgehead atoms. The Kier molecular flexibility index (Phi) is 3.37. The van der Waals surface area contributed by atoms with Crippen molar-refractivity contribution in [2.75, 3.05) is 0 Å². The smallest absolute Gasteiger partial charge is 0.114 e. The van der Waals surface area contributed by atoms with Crippen molar-refractivity contribution < 1.29 is 4.42 Å². The van der Waals surface area contributed by atoms with E-state index in [1.165, 1.54) is 0 Å². The summed E-state index contributed by atoms with van der Waals surface area (Å²) >= 11 is 4.89. The molecule has 0 aliphatic carbocycles. The van der Waals surface area contributed by atoms with Crippen LogP contribution in [0.4, 0.5) is 0 Å². The summed E-state index contributed by atoms with van der Waals surface area (Å²) in [7, 11) is 0. The zero-order valence-electron chi connectivity index (χ0n) is 8.53. The summed E-state index contributed by atoms with van der Waals surface area (Å²) in [5, 5.41) is 9.03. The SMILES string of the molecule is Cc1occc1Sc1ccc(Br)cc1C#N. The third-order valence-electron chi connectivity index (χ3n) is 2.09. The van der Waals surface area contributed by atoms with Crippen LogP contribution in [-0.4, -0.2) is 0 Å². The Labute approximate surface area is 106 Å². The molecule has 0 atom stereocenters. The quantitative estimate of drug-likeness (QED) is 0.825. The van der Waals surface area contributed by atoms with Crippen molar-refractivity contribution in [3.05, 3.63) is 46.3 Å². The molecule has 0 amide bonds. The van der Waals surface area contributed by atoms with Gasteiger partial charge in [0, 0.05) is 9.37 Å². The van der Waals surface area contributed by atoms with Gasteiger partial charge in [0.15, 0.2) is 0 Å². The molecule has 0 aliphatic heterocycles. The lowest BCUT2D eigenvalue weighted by Crippen LogP contribution is -1.81. The maximum absolute atomic E-state index is 9.03. The first kappa shape index (κ1) is 11.3. The summed E-state index contributed by atoms with van der Waals surface area (Å²) in [4.78, 5) is 1.98. The Hall–Kier alpha value is -1.18.